The van der Waals surface area contributed by atoms with Gasteiger partial charge in [0, 0.05) is 17.9 Å². The Balaban J connectivity index is 1.91. The maximum atomic E-state index is 14.2. The summed E-state index contributed by atoms with van der Waals surface area (Å²) in [6.07, 6.45) is 5.44. The van der Waals surface area contributed by atoms with Crippen LogP contribution in [0.1, 0.15) is 19.4 Å². The molecule has 1 saturated heterocycles. The molecule has 0 amide bonds. The van der Waals surface area contributed by atoms with E-state index in [1.165, 1.54) is 0 Å². The van der Waals surface area contributed by atoms with Gasteiger partial charge in [-0.2, -0.15) is 0 Å². The van der Waals surface area contributed by atoms with Crippen LogP contribution in [0.3, 0.4) is 0 Å². The van der Waals surface area contributed by atoms with Gasteiger partial charge in [-0.3, -0.25) is 4.57 Å². The molecule has 0 unspecified atom stereocenters. The molecule has 0 spiro atoms. The van der Waals surface area contributed by atoms with Crippen molar-refractivity contribution in [3.05, 3.63) is 89.8 Å². The van der Waals surface area contributed by atoms with Gasteiger partial charge >= 0.3 is 0 Å². The fraction of sp³-hybridized carbons (Fsp3) is 0.200. The van der Waals surface area contributed by atoms with Gasteiger partial charge in [0.2, 0.25) is 7.29 Å². The molecule has 23 heavy (non-hydrogen) atoms. The molecule has 4 rings (SSSR count). The summed E-state index contributed by atoms with van der Waals surface area (Å²) in [4.78, 5) is 0. The molecule has 2 aliphatic rings. The first-order valence-electron chi connectivity index (χ1n) is 8.47. The normalized spacial score (nSPS) is 33.9. The van der Waals surface area contributed by atoms with Crippen LogP contribution in [0, 0.1) is 5.92 Å². The maximum Gasteiger partial charge on any atom is 0.203 e. The second-order valence-corrected chi connectivity index (χ2v) is 8.85. The van der Waals surface area contributed by atoms with Gasteiger partial charge in [0.05, 0.1) is 6.04 Å². The highest BCUT2D eigenvalue weighted by Gasteiger charge is 2.51. The van der Waals surface area contributed by atoms with Crippen LogP contribution in [0.2, 0.25) is 0 Å². The quantitative estimate of drug-likeness (QED) is 0.588. The van der Waals surface area contributed by atoms with Crippen molar-refractivity contribution in [3.8, 4) is 0 Å². The van der Waals surface area contributed by atoms with E-state index in [1.807, 2.05) is 72.4 Å². The van der Waals surface area contributed by atoms with Crippen molar-refractivity contribution in [1.82, 2.24) is 4.67 Å². The minimum Gasteiger partial charge on any atom is -0.297 e. The van der Waals surface area contributed by atoms with Gasteiger partial charge in [-0.25, -0.2) is 4.67 Å². The highest BCUT2D eigenvalue weighted by Crippen LogP contribution is 2.70. The van der Waals surface area contributed by atoms with Crippen LogP contribution >= 0.6 is 7.29 Å². The molecule has 1 aliphatic carbocycles. The maximum absolute atomic E-state index is 14.2. The van der Waals surface area contributed by atoms with Gasteiger partial charge in [-0.05, 0) is 31.1 Å². The van der Waals surface area contributed by atoms with Crippen LogP contribution in [0.5, 0.6) is 0 Å². The summed E-state index contributed by atoms with van der Waals surface area (Å²) in [5, 5.41) is 1.76. The van der Waals surface area contributed by atoms with Crippen LogP contribution in [0.25, 0.3) is 0 Å². The summed E-state index contributed by atoms with van der Waals surface area (Å²) >= 11 is 0. The average Bonchev–Trinajstić information content (AvgIpc) is 2.85. The third-order valence-corrected chi connectivity index (χ3v) is 8.10. The minimum atomic E-state index is -2.88. The van der Waals surface area contributed by atoms with E-state index in [9.17, 15) is 4.57 Å². The van der Waals surface area contributed by atoms with Gasteiger partial charge in [0.25, 0.3) is 0 Å². The van der Waals surface area contributed by atoms with E-state index in [1.54, 1.807) is 0 Å². The number of hydrogen-bond donors (Lipinski definition) is 0. The Kier molecular flexibility index (Phi) is 3.32. The van der Waals surface area contributed by atoms with E-state index < -0.39 is 13.7 Å². The van der Waals surface area contributed by atoms with Gasteiger partial charge in [-0.15, -0.1) is 0 Å². The Morgan fingerprint density at radius 3 is 2.43 bits per heavy atom. The highest BCUT2D eigenvalue weighted by atomic mass is 31.2. The van der Waals surface area contributed by atoms with E-state index in [2.05, 4.69) is 18.2 Å². The zero-order chi connectivity index (χ0) is 16.7. The van der Waals surface area contributed by atoms with Gasteiger partial charge in [0.1, 0.15) is 0 Å². The van der Waals surface area contributed by atoms with E-state index in [4.69, 9.17) is 1.37 Å². The van der Waals surface area contributed by atoms with Crippen molar-refractivity contribution < 1.29 is 5.94 Å². The number of allylic oxidation sites excluding steroid dienone is 2. The number of nitrogens with zero attached hydrogens (tertiary/aromatic N) is 1. The molecule has 0 aromatic heterocycles. The molecule has 4 atom stereocenters. The lowest BCUT2D eigenvalue weighted by Gasteiger charge is -2.26. The number of rotatable bonds is 2. The summed E-state index contributed by atoms with van der Waals surface area (Å²) in [7, 11) is -0.925. The predicted molar refractivity (Wildman–Crippen MR) is 96.0 cm³/mol. The van der Waals surface area contributed by atoms with Crippen molar-refractivity contribution in [2.24, 2.45) is 5.92 Å². The van der Waals surface area contributed by atoms with Gasteiger partial charge in [0.15, 0.2) is 0 Å². The zero-order valence-electron chi connectivity index (χ0n) is 14.0. The molecule has 1 fully saturated rings. The average molecular weight is 322 g/mol. The predicted octanol–water partition coefficient (Wildman–Crippen LogP) is 4.74. The Labute approximate surface area is 139 Å². The van der Waals surface area contributed by atoms with Crippen LogP contribution in [-0.4, -0.2) is 11.7 Å². The number of fused-ring (bicyclic) bond motifs is 1. The van der Waals surface area contributed by atoms with E-state index in [0.717, 1.165) is 16.2 Å². The topological polar surface area (TPSA) is 20.3 Å². The number of benzene rings is 2. The third kappa shape index (κ3) is 2.17. The second-order valence-electron chi connectivity index (χ2n) is 6.04. The Hall–Kier alpha value is -1.89. The van der Waals surface area contributed by atoms with E-state index in [-0.39, 0.29) is 12.0 Å². The lowest BCUT2D eigenvalue weighted by atomic mass is 9.90. The molecular formula is C20H20NOP. The third-order valence-electron chi connectivity index (χ3n) is 4.82. The monoisotopic (exact) mass is 322 g/mol. The summed E-state index contributed by atoms with van der Waals surface area (Å²) in [5.74, 6) is 0.0602. The lowest BCUT2D eigenvalue weighted by Crippen LogP contribution is -2.21. The second kappa shape index (κ2) is 5.63. The lowest BCUT2D eigenvalue weighted by molar-refractivity contribution is 0.372. The van der Waals surface area contributed by atoms with Gasteiger partial charge < -0.3 is 0 Å². The highest BCUT2D eigenvalue weighted by molar-refractivity contribution is 7.73. The molecule has 0 N–H and O–H groups in total. The molecule has 2 aromatic rings. The summed E-state index contributed by atoms with van der Waals surface area (Å²) in [5.41, 5.74) is 1.16. The smallest absolute Gasteiger partial charge is 0.203 e. The van der Waals surface area contributed by atoms with Crippen molar-refractivity contribution in [1.29, 1.82) is 0 Å². The molecule has 1 heterocycles. The zero-order valence-corrected chi connectivity index (χ0v) is 13.9. The van der Waals surface area contributed by atoms with Crippen molar-refractivity contribution >= 4 is 12.6 Å². The summed E-state index contributed by atoms with van der Waals surface area (Å²) in [6.45, 7) is 0. The van der Waals surface area contributed by atoms with Crippen molar-refractivity contribution in [2.45, 2.75) is 12.4 Å². The van der Waals surface area contributed by atoms with Gasteiger partial charge in [-0.1, -0.05) is 66.8 Å². The fourth-order valence-electron chi connectivity index (χ4n) is 3.74. The van der Waals surface area contributed by atoms with Crippen LogP contribution in [0.15, 0.2) is 84.2 Å². The summed E-state index contributed by atoms with van der Waals surface area (Å²) in [6, 6.07) is 20.0. The van der Waals surface area contributed by atoms with Crippen molar-refractivity contribution in [3.63, 3.8) is 0 Å². The first kappa shape index (κ1) is 13.5. The molecule has 3 heteroatoms. The van der Waals surface area contributed by atoms with Crippen LogP contribution < -0.4 is 5.30 Å². The SMILES string of the molecule is [2H][C@H]1C=C[C@@H]2C(=C1)[P@@](=O)(c1ccccc1)N(C)[C@H]2c1ccccc1. The molecule has 1 aliphatic heterocycles. The first-order chi connectivity index (χ1) is 11.6. The Bertz CT molecular complexity index is 846. The van der Waals surface area contributed by atoms with E-state index >= 15 is 0 Å². The Morgan fingerprint density at radius 1 is 1.09 bits per heavy atom. The van der Waals surface area contributed by atoms with Crippen LogP contribution in [0.4, 0.5) is 0 Å². The fourth-order valence-corrected chi connectivity index (χ4v) is 6.89. The molecule has 0 radical (unpaired) electrons. The molecule has 2 aromatic carbocycles. The molecule has 0 saturated carbocycles. The number of hydrogen-bond acceptors (Lipinski definition) is 1. The van der Waals surface area contributed by atoms with Crippen LogP contribution in [-0.2, 0) is 4.57 Å². The Morgan fingerprint density at radius 2 is 1.74 bits per heavy atom. The van der Waals surface area contributed by atoms with Crippen molar-refractivity contribution in [2.75, 3.05) is 7.05 Å². The summed E-state index contributed by atoms with van der Waals surface area (Å²) < 4.78 is 24.3. The van der Waals surface area contributed by atoms with E-state index in [0.29, 0.717) is 0 Å². The standard InChI is InChI=1S/C20H20NOP/c1-21-20(16-10-4-2-5-11-16)18-14-8-9-15-19(18)23(21,22)17-12-6-3-7-13-17/h2-8,10-15,18,20H,9H2,1H3/t18-,20+,23+/m1/s1/i9D/t9-,18+,20-,23-/m0. The molecule has 2 nitrogen and oxygen atoms in total. The molecule has 116 valence electrons. The molecular weight excluding hydrogens is 301 g/mol. The first-order valence-corrected chi connectivity index (χ1v) is 9.55. The largest absolute Gasteiger partial charge is 0.297 e. The minimum absolute atomic E-state index is 0.0345. The molecule has 0 bridgehead atoms.